The Labute approximate surface area is 150 Å². The predicted molar refractivity (Wildman–Crippen MR) is 91.7 cm³/mol. The summed E-state index contributed by atoms with van der Waals surface area (Å²) in [5, 5.41) is 13.4. The van der Waals surface area contributed by atoms with Crippen molar-refractivity contribution in [2.75, 3.05) is 13.1 Å². The maximum Gasteiger partial charge on any atom is 0.306 e. The molecule has 0 saturated carbocycles. The Bertz CT molecular complexity index is 826. The summed E-state index contributed by atoms with van der Waals surface area (Å²) in [5.41, 5.74) is 0.504. The second-order valence-corrected chi connectivity index (χ2v) is 6.74. The number of aromatic nitrogens is 3. The van der Waals surface area contributed by atoms with E-state index in [-0.39, 0.29) is 17.6 Å². The fourth-order valence-electron chi connectivity index (χ4n) is 3.06. The molecule has 1 aliphatic rings. The number of carboxylic acid groups (broad SMARTS) is 1. The molecule has 1 aromatic carbocycles. The second kappa shape index (κ2) is 7.23. The first-order chi connectivity index (χ1) is 12.4. The van der Waals surface area contributed by atoms with Crippen LogP contribution in [0.5, 0.6) is 0 Å². The van der Waals surface area contributed by atoms with Gasteiger partial charge in [0.05, 0.1) is 11.6 Å². The number of carbonyl (C=O) groups excluding carboxylic acids is 1. The van der Waals surface area contributed by atoms with Crippen LogP contribution in [-0.4, -0.2) is 49.7 Å². The number of halogens is 1. The Balaban J connectivity index is 1.86. The average molecular weight is 360 g/mol. The van der Waals surface area contributed by atoms with Gasteiger partial charge in [-0.05, 0) is 31.0 Å². The molecular weight excluding hydrogens is 339 g/mol. The lowest BCUT2D eigenvalue weighted by Gasteiger charge is -2.29. The first-order valence-corrected chi connectivity index (χ1v) is 8.61. The summed E-state index contributed by atoms with van der Waals surface area (Å²) < 4.78 is 15.1. The molecule has 0 atom stereocenters. The van der Waals surface area contributed by atoms with Crippen molar-refractivity contribution in [2.24, 2.45) is 5.92 Å². The van der Waals surface area contributed by atoms with Crippen molar-refractivity contribution in [3.63, 3.8) is 0 Å². The number of benzene rings is 1. The molecule has 138 valence electrons. The summed E-state index contributed by atoms with van der Waals surface area (Å²) >= 11 is 0. The number of hydrogen-bond donors (Lipinski definition) is 1. The fourth-order valence-corrected chi connectivity index (χ4v) is 3.06. The van der Waals surface area contributed by atoms with Gasteiger partial charge >= 0.3 is 5.97 Å². The quantitative estimate of drug-likeness (QED) is 0.905. The van der Waals surface area contributed by atoms with Gasteiger partial charge in [-0.2, -0.15) is 0 Å². The summed E-state index contributed by atoms with van der Waals surface area (Å²) in [6.07, 6.45) is 0.839. The summed E-state index contributed by atoms with van der Waals surface area (Å²) in [6.45, 7) is 4.57. The molecule has 0 spiro atoms. The number of nitrogens with zero attached hydrogens (tertiary/aromatic N) is 4. The third-order valence-electron chi connectivity index (χ3n) is 4.52. The number of carboxylic acids is 1. The van der Waals surface area contributed by atoms with Crippen LogP contribution in [0.3, 0.4) is 0 Å². The second-order valence-electron chi connectivity index (χ2n) is 6.74. The Morgan fingerprint density at radius 2 is 1.96 bits per heavy atom. The van der Waals surface area contributed by atoms with E-state index in [1.165, 1.54) is 16.8 Å². The van der Waals surface area contributed by atoms with Crippen molar-refractivity contribution in [1.29, 1.82) is 0 Å². The molecule has 1 N–H and O–H groups in total. The van der Waals surface area contributed by atoms with Crippen LogP contribution in [0.25, 0.3) is 5.69 Å². The highest BCUT2D eigenvalue weighted by molar-refractivity contribution is 5.90. The molecule has 26 heavy (non-hydrogen) atoms. The highest BCUT2D eigenvalue weighted by atomic mass is 19.1. The minimum Gasteiger partial charge on any atom is -0.481 e. The maximum absolute atomic E-state index is 13.6. The Morgan fingerprint density at radius 3 is 2.54 bits per heavy atom. The summed E-state index contributed by atoms with van der Waals surface area (Å²) in [6, 6.07) is 5.96. The molecule has 1 aromatic heterocycles. The lowest BCUT2D eigenvalue weighted by Crippen LogP contribution is -2.40. The van der Waals surface area contributed by atoms with Crippen molar-refractivity contribution in [3.8, 4) is 5.69 Å². The Morgan fingerprint density at radius 1 is 1.27 bits per heavy atom. The van der Waals surface area contributed by atoms with E-state index in [2.05, 4.69) is 10.1 Å². The zero-order valence-electron chi connectivity index (χ0n) is 14.7. The first-order valence-electron chi connectivity index (χ1n) is 8.61. The van der Waals surface area contributed by atoms with E-state index >= 15 is 0 Å². The van der Waals surface area contributed by atoms with Crippen LogP contribution in [0.2, 0.25) is 0 Å². The van der Waals surface area contributed by atoms with Gasteiger partial charge in [-0.1, -0.05) is 19.9 Å². The molecule has 1 amide bonds. The number of likely N-dealkylation sites (tertiary alicyclic amines) is 1. The normalized spacial score (nSPS) is 15.5. The summed E-state index contributed by atoms with van der Waals surface area (Å²) in [4.78, 5) is 29.7. The number of carbonyl (C=O) groups is 2. The van der Waals surface area contributed by atoms with Crippen molar-refractivity contribution < 1.29 is 19.1 Å². The molecule has 0 aliphatic carbocycles. The standard InChI is InChI=1S/C18H21FN4O3/c1-11(2)16-20-15(21-23(16)14-5-3-4-13(19)10-14)17(24)22-8-6-12(7-9-22)18(25)26/h3-5,10-12H,6-9H2,1-2H3,(H,25,26). The minimum absolute atomic E-state index is 0.00920. The van der Waals surface area contributed by atoms with Gasteiger partial charge < -0.3 is 10.0 Å². The van der Waals surface area contributed by atoms with Gasteiger partial charge in [0.25, 0.3) is 5.91 Å². The third kappa shape index (κ3) is 3.58. The van der Waals surface area contributed by atoms with Gasteiger partial charge in [-0.15, -0.1) is 5.10 Å². The van der Waals surface area contributed by atoms with Crippen molar-refractivity contribution in [3.05, 3.63) is 41.7 Å². The van der Waals surface area contributed by atoms with Crippen molar-refractivity contribution in [2.45, 2.75) is 32.6 Å². The third-order valence-corrected chi connectivity index (χ3v) is 4.52. The topological polar surface area (TPSA) is 88.3 Å². The molecule has 0 bridgehead atoms. The van der Waals surface area contributed by atoms with Crippen molar-refractivity contribution >= 4 is 11.9 Å². The minimum atomic E-state index is -0.826. The van der Waals surface area contributed by atoms with E-state index < -0.39 is 17.7 Å². The van der Waals surface area contributed by atoms with Gasteiger partial charge in [0.2, 0.25) is 5.82 Å². The lowest BCUT2D eigenvalue weighted by atomic mass is 9.97. The zero-order valence-corrected chi connectivity index (χ0v) is 14.7. The lowest BCUT2D eigenvalue weighted by molar-refractivity contribution is -0.143. The van der Waals surface area contributed by atoms with Gasteiger partial charge in [0.15, 0.2) is 0 Å². The highest BCUT2D eigenvalue weighted by Crippen LogP contribution is 2.21. The van der Waals surface area contributed by atoms with E-state index in [0.29, 0.717) is 37.4 Å². The van der Waals surface area contributed by atoms with Crippen molar-refractivity contribution in [1.82, 2.24) is 19.7 Å². The fraction of sp³-hybridized carbons (Fsp3) is 0.444. The maximum atomic E-state index is 13.6. The predicted octanol–water partition coefficient (Wildman–Crippen LogP) is 2.47. The van der Waals surface area contributed by atoms with Gasteiger partial charge in [0.1, 0.15) is 11.6 Å². The van der Waals surface area contributed by atoms with Crippen LogP contribution >= 0.6 is 0 Å². The van der Waals surface area contributed by atoms with Gasteiger partial charge in [0, 0.05) is 19.0 Å². The molecule has 3 rings (SSSR count). The Kier molecular flexibility index (Phi) is 5.01. The molecular formula is C18H21FN4O3. The number of piperidine rings is 1. The monoisotopic (exact) mass is 360 g/mol. The van der Waals surface area contributed by atoms with Crippen LogP contribution in [0.1, 0.15) is 49.1 Å². The SMILES string of the molecule is CC(C)c1nc(C(=O)N2CCC(C(=O)O)CC2)nn1-c1cccc(F)c1. The average Bonchev–Trinajstić information content (AvgIpc) is 3.07. The molecule has 2 aromatic rings. The highest BCUT2D eigenvalue weighted by Gasteiger charge is 2.30. The molecule has 8 heteroatoms. The molecule has 1 fully saturated rings. The van der Waals surface area contributed by atoms with Crippen LogP contribution < -0.4 is 0 Å². The van der Waals surface area contributed by atoms with E-state index in [4.69, 9.17) is 5.11 Å². The molecule has 1 saturated heterocycles. The zero-order chi connectivity index (χ0) is 18.8. The molecule has 2 heterocycles. The number of aliphatic carboxylic acids is 1. The van der Waals surface area contributed by atoms with Gasteiger partial charge in [-0.3, -0.25) is 9.59 Å². The Hall–Kier alpha value is -2.77. The smallest absolute Gasteiger partial charge is 0.306 e. The number of amides is 1. The van der Waals surface area contributed by atoms with Crippen LogP contribution in [-0.2, 0) is 4.79 Å². The van der Waals surface area contributed by atoms with Crippen LogP contribution in [0.4, 0.5) is 4.39 Å². The molecule has 0 radical (unpaired) electrons. The van der Waals surface area contributed by atoms with Gasteiger partial charge in [-0.25, -0.2) is 14.1 Å². The summed E-state index contributed by atoms with van der Waals surface area (Å²) in [5.74, 6) is -1.35. The largest absolute Gasteiger partial charge is 0.481 e. The first kappa shape index (κ1) is 18.0. The number of hydrogen-bond acceptors (Lipinski definition) is 4. The van der Waals surface area contributed by atoms with E-state index in [0.717, 1.165) is 0 Å². The molecule has 1 aliphatic heterocycles. The number of rotatable bonds is 4. The van der Waals surface area contributed by atoms with E-state index in [1.54, 1.807) is 17.0 Å². The van der Waals surface area contributed by atoms with Crippen LogP contribution in [0, 0.1) is 11.7 Å². The van der Waals surface area contributed by atoms with E-state index in [9.17, 15) is 14.0 Å². The van der Waals surface area contributed by atoms with Crippen LogP contribution in [0.15, 0.2) is 24.3 Å². The molecule has 0 unspecified atom stereocenters. The molecule has 7 nitrogen and oxygen atoms in total. The van der Waals surface area contributed by atoms with E-state index in [1.807, 2.05) is 13.8 Å². The summed E-state index contributed by atoms with van der Waals surface area (Å²) in [7, 11) is 0.